The van der Waals surface area contributed by atoms with Crippen LogP contribution in [0.2, 0.25) is 0 Å². The second-order valence-corrected chi connectivity index (χ2v) is 3.92. The minimum Gasteiger partial charge on any atom is -0.478 e. The molecule has 1 N–H and O–H groups in total. The summed E-state index contributed by atoms with van der Waals surface area (Å²) in [5.74, 6) is -0.943. The van der Waals surface area contributed by atoms with Crippen LogP contribution in [-0.2, 0) is 11.8 Å². The number of aryl methyl sites for hydroxylation is 1. The number of carboxylic acids is 1. The van der Waals surface area contributed by atoms with Crippen LogP contribution in [0.15, 0.2) is 6.20 Å². The fraction of sp³-hybridized carbons (Fsp3) is 0.600. The molecule has 0 bridgehead atoms. The molecule has 0 aliphatic carbocycles. The van der Waals surface area contributed by atoms with Crippen LogP contribution >= 0.6 is 0 Å². The van der Waals surface area contributed by atoms with Crippen molar-refractivity contribution in [2.75, 3.05) is 0 Å². The summed E-state index contributed by atoms with van der Waals surface area (Å²) in [6.45, 7) is 1.99. The molecule has 1 aliphatic heterocycles. The summed E-state index contributed by atoms with van der Waals surface area (Å²) >= 11 is 0. The number of nitrogens with zero attached hydrogens (tertiary/aromatic N) is 2. The predicted octanol–water partition coefficient (Wildman–Crippen LogP) is 1.36. The summed E-state index contributed by atoms with van der Waals surface area (Å²) in [7, 11) is 1.72. The molecule has 0 radical (unpaired) electrons. The van der Waals surface area contributed by atoms with Gasteiger partial charge in [-0.15, -0.1) is 0 Å². The van der Waals surface area contributed by atoms with E-state index in [1.54, 1.807) is 7.05 Å². The van der Waals surface area contributed by atoms with Crippen LogP contribution in [0.1, 0.15) is 41.9 Å². The molecule has 5 heteroatoms. The summed E-state index contributed by atoms with van der Waals surface area (Å²) in [6, 6.07) is 0. The number of rotatable bonds is 2. The molecule has 0 saturated carbocycles. The Labute approximate surface area is 87.7 Å². The van der Waals surface area contributed by atoms with Crippen molar-refractivity contribution in [3.8, 4) is 0 Å². The highest BCUT2D eigenvalue weighted by Gasteiger charge is 2.29. The summed E-state index contributed by atoms with van der Waals surface area (Å²) in [5, 5.41) is 13.2. The van der Waals surface area contributed by atoms with Gasteiger partial charge in [0.25, 0.3) is 0 Å². The van der Waals surface area contributed by atoms with Crippen molar-refractivity contribution in [2.24, 2.45) is 7.05 Å². The molecule has 15 heavy (non-hydrogen) atoms. The van der Waals surface area contributed by atoms with E-state index >= 15 is 0 Å². The zero-order chi connectivity index (χ0) is 11.0. The summed E-state index contributed by atoms with van der Waals surface area (Å²) in [6.07, 6.45) is 3.36. The summed E-state index contributed by atoms with van der Waals surface area (Å²) in [4.78, 5) is 11.0. The Kier molecular flexibility index (Phi) is 2.48. The van der Waals surface area contributed by atoms with Gasteiger partial charge in [0.1, 0.15) is 17.4 Å². The highest BCUT2D eigenvalue weighted by Crippen LogP contribution is 2.33. The van der Waals surface area contributed by atoms with Crippen molar-refractivity contribution < 1.29 is 14.6 Å². The molecule has 1 saturated heterocycles. The van der Waals surface area contributed by atoms with Gasteiger partial charge in [0.15, 0.2) is 0 Å². The van der Waals surface area contributed by atoms with Gasteiger partial charge in [-0.1, -0.05) is 0 Å². The number of ether oxygens (including phenoxy) is 1. The zero-order valence-corrected chi connectivity index (χ0v) is 8.80. The topological polar surface area (TPSA) is 64.4 Å². The molecule has 2 atom stereocenters. The Balaban J connectivity index is 2.30. The number of carbonyl (C=O) groups is 1. The van der Waals surface area contributed by atoms with Gasteiger partial charge in [0.05, 0.1) is 6.10 Å². The molecule has 2 rings (SSSR count). The van der Waals surface area contributed by atoms with E-state index in [0.29, 0.717) is 5.69 Å². The first-order chi connectivity index (χ1) is 7.08. The van der Waals surface area contributed by atoms with Crippen LogP contribution < -0.4 is 0 Å². The van der Waals surface area contributed by atoms with Gasteiger partial charge in [-0.3, -0.25) is 4.68 Å². The quantitative estimate of drug-likeness (QED) is 0.800. The lowest BCUT2D eigenvalue weighted by Crippen LogP contribution is -2.07. The smallest absolute Gasteiger partial charge is 0.339 e. The highest BCUT2D eigenvalue weighted by molar-refractivity contribution is 5.88. The molecule has 1 aliphatic rings. The van der Waals surface area contributed by atoms with Crippen LogP contribution in [0.5, 0.6) is 0 Å². The Hall–Kier alpha value is -1.36. The van der Waals surface area contributed by atoms with E-state index in [-0.39, 0.29) is 17.8 Å². The average molecular weight is 210 g/mol. The minimum absolute atomic E-state index is 0.160. The van der Waals surface area contributed by atoms with Gasteiger partial charge < -0.3 is 9.84 Å². The van der Waals surface area contributed by atoms with Crippen LogP contribution in [0, 0.1) is 0 Å². The van der Waals surface area contributed by atoms with E-state index in [1.807, 2.05) is 6.92 Å². The highest BCUT2D eigenvalue weighted by atomic mass is 16.5. The largest absolute Gasteiger partial charge is 0.478 e. The first-order valence-corrected chi connectivity index (χ1v) is 5.00. The second-order valence-electron chi connectivity index (χ2n) is 3.92. The van der Waals surface area contributed by atoms with Gasteiger partial charge in [-0.25, -0.2) is 4.79 Å². The fourth-order valence-electron chi connectivity index (χ4n) is 1.91. The van der Waals surface area contributed by atoms with Crippen molar-refractivity contribution in [3.63, 3.8) is 0 Å². The van der Waals surface area contributed by atoms with Crippen molar-refractivity contribution in [1.82, 2.24) is 9.78 Å². The lowest BCUT2D eigenvalue weighted by Gasteiger charge is -2.08. The van der Waals surface area contributed by atoms with Crippen molar-refractivity contribution in [1.29, 1.82) is 0 Å². The third kappa shape index (κ3) is 1.87. The van der Waals surface area contributed by atoms with Crippen molar-refractivity contribution in [2.45, 2.75) is 32.0 Å². The SMILES string of the molecule is C[C@H]1CC[C@H](c2nn(C)cc2C(=O)O)O1. The number of hydrogen-bond donors (Lipinski definition) is 1. The van der Waals surface area contributed by atoms with Gasteiger partial charge in [-0.05, 0) is 19.8 Å². The number of aromatic carboxylic acids is 1. The Bertz CT molecular complexity index is 386. The number of hydrogen-bond acceptors (Lipinski definition) is 3. The van der Waals surface area contributed by atoms with Crippen LogP contribution in [0.3, 0.4) is 0 Å². The number of carboxylic acid groups (broad SMARTS) is 1. The fourth-order valence-corrected chi connectivity index (χ4v) is 1.91. The van der Waals surface area contributed by atoms with Gasteiger partial charge in [0.2, 0.25) is 0 Å². The van der Waals surface area contributed by atoms with Gasteiger partial charge in [0, 0.05) is 13.2 Å². The molecule has 0 amide bonds. The molecule has 1 aromatic heterocycles. The second kappa shape index (κ2) is 3.66. The first kappa shape index (κ1) is 10.2. The molecular formula is C10H14N2O3. The molecule has 5 nitrogen and oxygen atoms in total. The molecule has 0 spiro atoms. The van der Waals surface area contributed by atoms with E-state index in [4.69, 9.17) is 9.84 Å². The zero-order valence-electron chi connectivity index (χ0n) is 8.80. The van der Waals surface area contributed by atoms with E-state index in [9.17, 15) is 4.79 Å². The Morgan fingerprint density at radius 2 is 2.40 bits per heavy atom. The van der Waals surface area contributed by atoms with Crippen LogP contribution in [0.25, 0.3) is 0 Å². The predicted molar refractivity (Wildman–Crippen MR) is 52.7 cm³/mol. The first-order valence-electron chi connectivity index (χ1n) is 5.00. The molecule has 0 aromatic carbocycles. The Morgan fingerprint density at radius 1 is 1.67 bits per heavy atom. The minimum atomic E-state index is -0.943. The molecule has 2 heterocycles. The summed E-state index contributed by atoms with van der Waals surface area (Å²) < 4.78 is 7.13. The van der Waals surface area contributed by atoms with E-state index in [2.05, 4.69) is 5.10 Å². The average Bonchev–Trinajstić information content (AvgIpc) is 2.71. The molecule has 1 fully saturated rings. The third-order valence-electron chi connectivity index (χ3n) is 2.62. The lowest BCUT2D eigenvalue weighted by atomic mass is 10.1. The molecular weight excluding hydrogens is 196 g/mol. The maximum absolute atomic E-state index is 11.0. The van der Waals surface area contributed by atoms with Gasteiger partial charge in [-0.2, -0.15) is 5.10 Å². The molecule has 1 aromatic rings. The van der Waals surface area contributed by atoms with Crippen molar-refractivity contribution in [3.05, 3.63) is 17.5 Å². The normalized spacial score (nSPS) is 25.7. The maximum atomic E-state index is 11.0. The van der Waals surface area contributed by atoms with Crippen molar-refractivity contribution >= 4 is 5.97 Å². The standard InChI is InChI=1S/C10H14N2O3/c1-6-3-4-8(15-6)9-7(10(13)14)5-12(2)11-9/h5-6,8H,3-4H2,1-2H3,(H,13,14)/t6-,8+/m0/s1. The Morgan fingerprint density at radius 3 is 2.93 bits per heavy atom. The third-order valence-corrected chi connectivity index (χ3v) is 2.62. The van der Waals surface area contributed by atoms with Crippen LogP contribution in [0.4, 0.5) is 0 Å². The summed E-state index contributed by atoms with van der Waals surface area (Å²) in [5.41, 5.74) is 0.797. The number of aromatic nitrogens is 2. The monoisotopic (exact) mass is 210 g/mol. The van der Waals surface area contributed by atoms with E-state index in [1.165, 1.54) is 10.9 Å². The van der Waals surface area contributed by atoms with E-state index < -0.39 is 5.97 Å². The lowest BCUT2D eigenvalue weighted by molar-refractivity contribution is 0.0499. The molecule has 0 unspecified atom stereocenters. The van der Waals surface area contributed by atoms with Crippen LogP contribution in [-0.4, -0.2) is 27.0 Å². The van der Waals surface area contributed by atoms with E-state index in [0.717, 1.165) is 12.8 Å². The van der Waals surface area contributed by atoms with Gasteiger partial charge >= 0.3 is 5.97 Å². The molecule has 82 valence electrons. The maximum Gasteiger partial charge on any atom is 0.339 e.